The van der Waals surface area contributed by atoms with E-state index in [1.165, 1.54) is 31.2 Å². The molecular formula is C18H28ClNO. The molecule has 1 fully saturated rings. The SMILES string of the molecule is CCCC1CC(CNC(C)C)(c2cc(Cl)ccc2OC)C1. The molecule has 1 saturated carbocycles. The van der Waals surface area contributed by atoms with E-state index in [9.17, 15) is 0 Å². The van der Waals surface area contributed by atoms with E-state index in [0.29, 0.717) is 6.04 Å². The van der Waals surface area contributed by atoms with Crippen molar-refractivity contribution in [2.45, 2.75) is 57.9 Å². The molecule has 0 unspecified atom stereocenters. The molecule has 1 aromatic carbocycles. The second-order valence-electron chi connectivity index (χ2n) is 6.72. The molecule has 2 rings (SSSR count). The van der Waals surface area contributed by atoms with Crippen LogP contribution in [-0.2, 0) is 5.41 Å². The standard InChI is InChI=1S/C18H28ClNO/c1-5-6-14-10-18(11-14,12-20-13(2)3)16-9-15(19)7-8-17(16)21-4/h7-9,13-14,20H,5-6,10-12H2,1-4H3. The fourth-order valence-electron chi connectivity index (χ4n) is 3.61. The Morgan fingerprint density at radius 1 is 1.38 bits per heavy atom. The summed E-state index contributed by atoms with van der Waals surface area (Å²) in [6, 6.07) is 6.51. The zero-order valence-corrected chi connectivity index (χ0v) is 14.5. The summed E-state index contributed by atoms with van der Waals surface area (Å²) in [7, 11) is 1.75. The van der Waals surface area contributed by atoms with Gasteiger partial charge in [0, 0.05) is 28.6 Å². The third-order valence-corrected chi connectivity index (χ3v) is 4.87. The highest BCUT2D eigenvalue weighted by Crippen LogP contribution is 2.52. The molecule has 0 atom stereocenters. The molecule has 118 valence electrons. The van der Waals surface area contributed by atoms with Crippen molar-refractivity contribution in [1.29, 1.82) is 0 Å². The lowest BCUT2D eigenvalue weighted by Gasteiger charge is -2.49. The van der Waals surface area contributed by atoms with Gasteiger partial charge in [0.15, 0.2) is 0 Å². The first-order valence-electron chi connectivity index (χ1n) is 8.08. The predicted octanol–water partition coefficient (Wildman–Crippen LogP) is 4.79. The lowest BCUT2D eigenvalue weighted by atomic mass is 9.57. The first-order chi connectivity index (χ1) is 10.0. The maximum absolute atomic E-state index is 6.25. The number of nitrogens with one attached hydrogen (secondary N) is 1. The van der Waals surface area contributed by atoms with Crippen LogP contribution in [0, 0.1) is 5.92 Å². The minimum absolute atomic E-state index is 0.181. The lowest BCUT2D eigenvalue weighted by Crippen LogP contribution is -2.50. The quantitative estimate of drug-likeness (QED) is 0.781. The Hall–Kier alpha value is -0.730. The Morgan fingerprint density at radius 3 is 2.67 bits per heavy atom. The van der Waals surface area contributed by atoms with Crippen molar-refractivity contribution in [3.63, 3.8) is 0 Å². The van der Waals surface area contributed by atoms with Crippen LogP contribution in [0.15, 0.2) is 18.2 Å². The van der Waals surface area contributed by atoms with Gasteiger partial charge in [0.2, 0.25) is 0 Å². The molecule has 21 heavy (non-hydrogen) atoms. The monoisotopic (exact) mass is 309 g/mol. The van der Waals surface area contributed by atoms with Gasteiger partial charge in [-0.25, -0.2) is 0 Å². The highest BCUT2D eigenvalue weighted by Gasteiger charge is 2.46. The Labute approximate surface area is 134 Å². The number of benzene rings is 1. The fourth-order valence-corrected chi connectivity index (χ4v) is 3.78. The molecule has 0 spiro atoms. The molecule has 0 saturated heterocycles. The third-order valence-electron chi connectivity index (χ3n) is 4.64. The average molecular weight is 310 g/mol. The molecule has 1 aromatic rings. The van der Waals surface area contributed by atoms with Crippen LogP contribution in [0.25, 0.3) is 0 Å². The van der Waals surface area contributed by atoms with E-state index >= 15 is 0 Å². The summed E-state index contributed by atoms with van der Waals surface area (Å²) in [4.78, 5) is 0. The summed E-state index contributed by atoms with van der Waals surface area (Å²) in [5.41, 5.74) is 1.46. The van der Waals surface area contributed by atoms with Gasteiger partial charge in [-0.3, -0.25) is 0 Å². The normalized spacial score (nSPS) is 25.0. The molecule has 0 aliphatic heterocycles. The maximum atomic E-state index is 6.25. The molecule has 0 bridgehead atoms. The summed E-state index contributed by atoms with van der Waals surface area (Å²) >= 11 is 6.25. The molecule has 2 nitrogen and oxygen atoms in total. The molecule has 1 aliphatic rings. The number of halogens is 1. The van der Waals surface area contributed by atoms with Gasteiger partial charge >= 0.3 is 0 Å². The van der Waals surface area contributed by atoms with Crippen molar-refractivity contribution in [2.24, 2.45) is 5.92 Å². The summed E-state index contributed by atoms with van der Waals surface area (Å²) in [6.07, 6.45) is 5.06. The van der Waals surface area contributed by atoms with Crippen LogP contribution in [0.1, 0.15) is 52.0 Å². The van der Waals surface area contributed by atoms with E-state index in [1.54, 1.807) is 7.11 Å². The minimum atomic E-state index is 0.181. The largest absolute Gasteiger partial charge is 0.496 e. The van der Waals surface area contributed by atoms with Crippen molar-refractivity contribution in [1.82, 2.24) is 5.32 Å². The van der Waals surface area contributed by atoms with Crippen LogP contribution in [-0.4, -0.2) is 19.7 Å². The molecule has 0 radical (unpaired) electrons. The summed E-state index contributed by atoms with van der Waals surface area (Å²) in [5.74, 6) is 1.81. The van der Waals surface area contributed by atoms with Gasteiger partial charge in [-0.2, -0.15) is 0 Å². The molecule has 3 heteroatoms. The second kappa shape index (κ2) is 7.02. The zero-order chi connectivity index (χ0) is 15.5. The fraction of sp³-hybridized carbons (Fsp3) is 0.667. The number of ether oxygens (including phenoxy) is 1. The van der Waals surface area contributed by atoms with E-state index < -0.39 is 0 Å². The van der Waals surface area contributed by atoms with E-state index in [0.717, 1.165) is 23.2 Å². The molecular weight excluding hydrogens is 282 g/mol. The van der Waals surface area contributed by atoms with Gasteiger partial charge in [-0.1, -0.05) is 45.2 Å². The van der Waals surface area contributed by atoms with Crippen LogP contribution in [0.3, 0.4) is 0 Å². The Morgan fingerprint density at radius 2 is 2.10 bits per heavy atom. The average Bonchev–Trinajstić information content (AvgIpc) is 2.41. The number of rotatable bonds is 7. The molecule has 0 aromatic heterocycles. The van der Waals surface area contributed by atoms with Gasteiger partial charge in [-0.05, 0) is 37.0 Å². The van der Waals surface area contributed by atoms with Crippen molar-refractivity contribution in [3.05, 3.63) is 28.8 Å². The summed E-state index contributed by atoms with van der Waals surface area (Å²) in [6.45, 7) is 7.67. The first-order valence-corrected chi connectivity index (χ1v) is 8.46. The maximum Gasteiger partial charge on any atom is 0.122 e. The van der Waals surface area contributed by atoms with Crippen molar-refractivity contribution >= 4 is 11.6 Å². The van der Waals surface area contributed by atoms with Crippen LogP contribution in [0.4, 0.5) is 0 Å². The first kappa shape index (κ1) is 16.6. The predicted molar refractivity (Wildman–Crippen MR) is 90.5 cm³/mol. The zero-order valence-electron chi connectivity index (χ0n) is 13.7. The van der Waals surface area contributed by atoms with Gasteiger partial charge in [0.1, 0.15) is 5.75 Å². The van der Waals surface area contributed by atoms with Crippen LogP contribution in [0.2, 0.25) is 5.02 Å². The van der Waals surface area contributed by atoms with Crippen LogP contribution >= 0.6 is 11.6 Å². The summed E-state index contributed by atoms with van der Waals surface area (Å²) < 4.78 is 5.60. The number of hydrogen-bond donors (Lipinski definition) is 1. The Kier molecular flexibility index (Phi) is 5.56. The van der Waals surface area contributed by atoms with Gasteiger partial charge in [0.05, 0.1) is 7.11 Å². The highest BCUT2D eigenvalue weighted by atomic mass is 35.5. The van der Waals surface area contributed by atoms with E-state index in [1.807, 2.05) is 12.1 Å². The third kappa shape index (κ3) is 3.73. The van der Waals surface area contributed by atoms with Crippen molar-refractivity contribution in [3.8, 4) is 5.75 Å². The lowest BCUT2D eigenvalue weighted by molar-refractivity contribution is 0.123. The van der Waals surface area contributed by atoms with E-state index in [2.05, 4.69) is 32.2 Å². The van der Waals surface area contributed by atoms with Crippen LogP contribution in [0.5, 0.6) is 5.75 Å². The minimum Gasteiger partial charge on any atom is -0.496 e. The number of methoxy groups -OCH3 is 1. The Balaban J connectivity index is 2.26. The summed E-state index contributed by atoms with van der Waals surface area (Å²) in [5, 5.41) is 4.42. The van der Waals surface area contributed by atoms with Gasteiger partial charge in [0.25, 0.3) is 0 Å². The molecule has 0 heterocycles. The topological polar surface area (TPSA) is 21.3 Å². The van der Waals surface area contributed by atoms with Crippen LogP contribution < -0.4 is 10.1 Å². The highest BCUT2D eigenvalue weighted by molar-refractivity contribution is 6.30. The van der Waals surface area contributed by atoms with E-state index in [4.69, 9.17) is 16.3 Å². The molecule has 1 aliphatic carbocycles. The number of hydrogen-bond acceptors (Lipinski definition) is 2. The smallest absolute Gasteiger partial charge is 0.122 e. The van der Waals surface area contributed by atoms with Crippen molar-refractivity contribution in [2.75, 3.05) is 13.7 Å². The van der Waals surface area contributed by atoms with Gasteiger partial charge in [-0.15, -0.1) is 0 Å². The molecule has 0 amide bonds. The second-order valence-corrected chi connectivity index (χ2v) is 7.16. The van der Waals surface area contributed by atoms with E-state index in [-0.39, 0.29) is 5.41 Å². The van der Waals surface area contributed by atoms with Gasteiger partial charge < -0.3 is 10.1 Å². The van der Waals surface area contributed by atoms with Crippen molar-refractivity contribution < 1.29 is 4.74 Å². The molecule has 1 N–H and O–H groups in total. The Bertz CT molecular complexity index is 466.